The average molecular weight is 450 g/mol. The summed E-state index contributed by atoms with van der Waals surface area (Å²) in [6.07, 6.45) is 5.52. The number of piperidine rings is 1. The maximum Gasteiger partial charge on any atom is 0.252 e. The minimum Gasteiger partial charge on any atom is -0.490 e. The third-order valence-corrected chi connectivity index (χ3v) is 5.60. The molecule has 3 rings (SSSR count). The molecular weight excluding hydrogens is 418 g/mol. The molecule has 174 valence electrons. The van der Waals surface area contributed by atoms with Gasteiger partial charge in [-0.15, -0.1) is 0 Å². The van der Waals surface area contributed by atoms with Crippen LogP contribution < -0.4 is 15.4 Å². The molecule has 5 N–H and O–H groups in total. The molecule has 1 fully saturated rings. The molecule has 2 aromatic rings. The van der Waals surface area contributed by atoms with E-state index in [1.807, 2.05) is 53.5 Å². The number of carbonyl (C=O) groups excluding carboxylic acids is 1. The second kappa shape index (κ2) is 11.3. The second-order valence-corrected chi connectivity index (χ2v) is 7.99. The number of aliphatic hydroxyl groups excluding tert-OH is 1. The van der Waals surface area contributed by atoms with E-state index in [4.69, 9.17) is 21.3 Å². The van der Waals surface area contributed by atoms with Crippen molar-refractivity contribution >= 4 is 29.3 Å². The quantitative estimate of drug-likeness (QED) is 0.364. The molecule has 0 aliphatic carbocycles. The molecule has 0 saturated carbocycles. The lowest BCUT2D eigenvalue weighted by Gasteiger charge is -2.32. The molecule has 8 nitrogen and oxygen atoms in total. The van der Waals surface area contributed by atoms with Crippen LogP contribution in [-0.2, 0) is 4.79 Å². The number of carbonyl (C=O) groups is 1. The van der Waals surface area contributed by atoms with Crippen LogP contribution in [0.5, 0.6) is 5.75 Å². The van der Waals surface area contributed by atoms with E-state index >= 15 is 0 Å². The summed E-state index contributed by atoms with van der Waals surface area (Å²) in [5, 5.41) is 24.7. The van der Waals surface area contributed by atoms with Gasteiger partial charge in [-0.2, -0.15) is 0 Å². The lowest BCUT2D eigenvalue weighted by molar-refractivity contribution is -0.121. The van der Waals surface area contributed by atoms with Gasteiger partial charge in [0.1, 0.15) is 24.3 Å². The van der Waals surface area contributed by atoms with Crippen molar-refractivity contribution in [3.63, 3.8) is 0 Å². The zero-order chi connectivity index (χ0) is 23.8. The maximum atomic E-state index is 12.3. The van der Waals surface area contributed by atoms with Crippen LogP contribution in [0.1, 0.15) is 30.9 Å². The first-order valence-corrected chi connectivity index (χ1v) is 11.0. The number of rotatable bonds is 8. The highest BCUT2D eigenvalue weighted by molar-refractivity contribution is 5.96. The van der Waals surface area contributed by atoms with Crippen LogP contribution in [-0.4, -0.2) is 59.9 Å². The van der Waals surface area contributed by atoms with Crippen LogP contribution in [0.25, 0.3) is 6.08 Å². The molecule has 1 aliphatic heterocycles. The topological polar surface area (TPSA) is 127 Å². The Kier molecular flexibility index (Phi) is 8.21. The molecule has 1 heterocycles. The number of anilines is 1. The summed E-state index contributed by atoms with van der Waals surface area (Å²) in [7, 11) is 0. The Morgan fingerprint density at radius 2 is 1.91 bits per heavy atom. The summed E-state index contributed by atoms with van der Waals surface area (Å²) >= 11 is 0. The van der Waals surface area contributed by atoms with E-state index in [-0.39, 0.29) is 18.5 Å². The van der Waals surface area contributed by atoms with Gasteiger partial charge in [-0.25, -0.2) is 0 Å². The fraction of sp³-hybridized carbons (Fsp3) is 0.320. The molecule has 1 aliphatic rings. The fourth-order valence-electron chi connectivity index (χ4n) is 3.75. The van der Waals surface area contributed by atoms with Gasteiger partial charge in [0.15, 0.2) is 0 Å². The van der Waals surface area contributed by atoms with Gasteiger partial charge in [0.05, 0.1) is 5.84 Å². The standard InChI is InChI=1S/C25H31N5O3/c1-18(26)29-14-11-23(12-15-29)33-22-9-7-21(8-10-22)30(24(32)17-31)13-3-5-19-4-2-6-20(16-19)25(27)28/h2-10,16,23,26,31H,11-15,17H2,1H3,(H3,27,28)/b5-3+,26-18?. The number of benzene rings is 2. The Labute approximate surface area is 194 Å². The minimum absolute atomic E-state index is 0.0000298. The van der Waals surface area contributed by atoms with E-state index in [2.05, 4.69) is 0 Å². The van der Waals surface area contributed by atoms with Crippen molar-refractivity contribution in [3.8, 4) is 5.75 Å². The third kappa shape index (κ3) is 6.66. The van der Waals surface area contributed by atoms with Gasteiger partial charge in [-0.05, 0) is 42.8 Å². The second-order valence-electron chi connectivity index (χ2n) is 7.99. The molecule has 0 bridgehead atoms. The number of hydrogen-bond acceptors (Lipinski definition) is 5. The maximum absolute atomic E-state index is 12.3. The number of nitrogens with one attached hydrogen (secondary N) is 2. The predicted molar refractivity (Wildman–Crippen MR) is 131 cm³/mol. The molecule has 2 aromatic carbocycles. The monoisotopic (exact) mass is 449 g/mol. The van der Waals surface area contributed by atoms with Crippen LogP contribution in [0.15, 0.2) is 54.6 Å². The molecule has 8 heteroatoms. The Bertz CT molecular complexity index is 1010. The Hall–Kier alpha value is -3.65. The lowest BCUT2D eigenvalue weighted by Crippen LogP contribution is -2.40. The van der Waals surface area contributed by atoms with Gasteiger partial charge < -0.3 is 25.4 Å². The summed E-state index contributed by atoms with van der Waals surface area (Å²) in [6.45, 7) is 3.14. The molecule has 0 radical (unpaired) electrons. The normalized spacial score (nSPS) is 14.3. The third-order valence-electron chi connectivity index (χ3n) is 5.60. The Morgan fingerprint density at radius 1 is 1.21 bits per heavy atom. The van der Waals surface area contributed by atoms with Crippen LogP contribution in [0.4, 0.5) is 5.69 Å². The van der Waals surface area contributed by atoms with Gasteiger partial charge in [-0.1, -0.05) is 30.4 Å². The Morgan fingerprint density at radius 3 is 2.52 bits per heavy atom. The number of likely N-dealkylation sites (tertiary alicyclic amines) is 1. The van der Waals surface area contributed by atoms with E-state index in [9.17, 15) is 9.90 Å². The van der Waals surface area contributed by atoms with Gasteiger partial charge in [0.2, 0.25) is 0 Å². The summed E-state index contributed by atoms with van der Waals surface area (Å²) < 4.78 is 6.08. The van der Waals surface area contributed by atoms with Crippen molar-refractivity contribution in [2.75, 3.05) is 31.1 Å². The Balaban J connectivity index is 1.63. The zero-order valence-corrected chi connectivity index (χ0v) is 18.8. The highest BCUT2D eigenvalue weighted by atomic mass is 16.5. The molecule has 33 heavy (non-hydrogen) atoms. The van der Waals surface area contributed by atoms with Gasteiger partial charge >= 0.3 is 0 Å². The van der Waals surface area contributed by atoms with Crippen molar-refractivity contribution in [2.24, 2.45) is 5.73 Å². The van der Waals surface area contributed by atoms with Crippen molar-refractivity contribution < 1.29 is 14.6 Å². The summed E-state index contributed by atoms with van der Waals surface area (Å²) in [6, 6.07) is 14.6. The summed E-state index contributed by atoms with van der Waals surface area (Å²) in [5.74, 6) is 0.920. The van der Waals surface area contributed by atoms with Crippen molar-refractivity contribution in [1.82, 2.24) is 4.90 Å². The van der Waals surface area contributed by atoms with E-state index < -0.39 is 12.5 Å². The average Bonchev–Trinajstić information content (AvgIpc) is 2.82. The van der Waals surface area contributed by atoms with E-state index in [1.165, 1.54) is 4.90 Å². The van der Waals surface area contributed by atoms with Crippen LogP contribution >= 0.6 is 0 Å². The summed E-state index contributed by atoms with van der Waals surface area (Å²) in [4.78, 5) is 15.9. The molecular formula is C25H31N5O3. The highest BCUT2D eigenvalue weighted by Gasteiger charge is 2.21. The van der Waals surface area contributed by atoms with Crippen molar-refractivity contribution in [1.29, 1.82) is 10.8 Å². The molecule has 0 aromatic heterocycles. The van der Waals surface area contributed by atoms with E-state index in [1.54, 1.807) is 19.1 Å². The smallest absolute Gasteiger partial charge is 0.252 e. The minimum atomic E-state index is -0.586. The molecule has 1 saturated heterocycles. The first-order valence-electron chi connectivity index (χ1n) is 11.0. The predicted octanol–water partition coefficient (Wildman–Crippen LogP) is 2.85. The van der Waals surface area contributed by atoms with Crippen molar-refractivity contribution in [3.05, 3.63) is 65.7 Å². The number of amidine groups is 2. The molecule has 0 spiro atoms. The fourth-order valence-corrected chi connectivity index (χ4v) is 3.75. The van der Waals surface area contributed by atoms with Crippen LogP contribution in [0.3, 0.4) is 0 Å². The van der Waals surface area contributed by atoms with Crippen molar-refractivity contribution in [2.45, 2.75) is 25.9 Å². The SMILES string of the molecule is CC(=N)N1CCC(Oc2ccc(N(C/C=C/c3cccc(C(=N)N)c3)C(=O)CO)cc2)CC1. The number of hydrogen-bond donors (Lipinski definition) is 4. The number of ether oxygens (including phenoxy) is 1. The molecule has 0 atom stereocenters. The number of amides is 1. The molecule has 1 amide bonds. The van der Waals surface area contributed by atoms with E-state index in [0.717, 1.165) is 37.2 Å². The van der Waals surface area contributed by atoms with Gasteiger partial charge in [0, 0.05) is 43.7 Å². The zero-order valence-electron chi connectivity index (χ0n) is 18.8. The van der Waals surface area contributed by atoms with Gasteiger partial charge in [0.25, 0.3) is 5.91 Å². The number of nitrogens with two attached hydrogens (primary N) is 1. The van der Waals surface area contributed by atoms with Crippen LogP contribution in [0.2, 0.25) is 0 Å². The van der Waals surface area contributed by atoms with Gasteiger partial charge in [-0.3, -0.25) is 15.6 Å². The van der Waals surface area contributed by atoms with E-state index in [0.29, 0.717) is 17.1 Å². The number of nitrogens with zero attached hydrogens (tertiary/aromatic N) is 2. The number of nitrogen functional groups attached to an aromatic ring is 1. The summed E-state index contributed by atoms with van der Waals surface area (Å²) in [5.41, 5.74) is 7.71. The van der Waals surface area contributed by atoms with Crippen LogP contribution in [0, 0.1) is 10.8 Å². The first-order chi connectivity index (χ1) is 15.9. The lowest BCUT2D eigenvalue weighted by atomic mass is 10.1. The highest BCUT2D eigenvalue weighted by Crippen LogP contribution is 2.23. The molecule has 0 unspecified atom stereocenters. The first kappa shape index (κ1) is 24.0. The largest absolute Gasteiger partial charge is 0.490 e. The number of aliphatic hydroxyl groups is 1.